The Morgan fingerprint density at radius 3 is 2.89 bits per heavy atom. The van der Waals surface area contributed by atoms with Crippen LogP contribution in [-0.2, 0) is 16.3 Å². The molecule has 2 aliphatic rings. The normalized spacial score (nSPS) is 17.2. The summed E-state index contributed by atoms with van der Waals surface area (Å²) in [5, 5.41) is 3.68. The summed E-state index contributed by atoms with van der Waals surface area (Å²) in [6.07, 6.45) is 9.02. The summed E-state index contributed by atoms with van der Waals surface area (Å²) in [5.41, 5.74) is 1.46. The smallest absolute Gasteiger partial charge is 0.171 e. The van der Waals surface area contributed by atoms with Crippen LogP contribution in [-0.4, -0.2) is 42.8 Å². The molecule has 28 heavy (non-hydrogen) atoms. The molecular formula is C19H21ClN4O2S2. The van der Waals surface area contributed by atoms with Crippen molar-refractivity contribution in [3.05, 3.63) is 39.9 Å². The van der Waals surface area contributed by atoms with Crippen LogP contribution >= 0.6 is 22.9 Å². The summed E-state index contributed by atoms with van der Waals surface area (Å²) in [6, 6.07) is 3.84. The second-order valence-electron chi connectivity index (χ2n) is 7.17. The largest absolute Gasteiger partial charge is 0.324 e. The Bertz CT molecular complexity index is 1060. The predicted molar refractivity (Wildman–Crippen MR) is 115 cm³/mol. The van der Waals surface area contributed by atoms with Crippen molar-refractivity contribution in [1.29, 1.82) is 0 Å². The average Bonchev–Trinajstić information content (AvgIpc) is 3.40. The molecule has 6 nitrogen and oxygen atoms in total. The third kappa shape index (κ3) is 4.98. The van der Waals surface area contributed by atoms with Crippen molar-refractivity contribution in [2.75, 3.05) is 23.9 Å². The zero-order chi connectivity index (χ0) is 19.7. The Morgan fingerprint density at radius 2 is 2.14 bits per heavy atom. The number of dihydropyridines is 1. The molecule has 1 N–H and O–H groups in total. The highest BCUT2D eigenvalue weighted by Gasteiger charge is 2.27. The van der Waals surface area contributed by atoms with E-state index in [1.54, 1.807) is 6.20 Å². The van der Waals surface area contributed by atoms with Crippen molar-refractivity contribution in [2.24, 2.45) is 10.9 Å². The number of rotatable bonds is 6. The van der Waals surface area contributed by atoms with Gasteiger partial charge in [0.25, 0.3) is 0 Å². The van der Waals surface area contributed by atoms with Crippen molar-refractivity contribution in [2.45, 2.75) is 25.7 Å². The number of anilines is 1. The van der Waals surface area contributed by atoms with E-state index in [1.807, 2.05) is 12.1 Å². The summed E-state index contributed by atoms with van der Waals surface area (Å²) in [4.78, 5) is 15.3. The molecule has 9 heteroatoms. The molecule has 1 saturated carbocycles. The molecule has 2 aromatic rings. The van der Waals surface area contributed by atoms with Crippen molar-refractivity contribution >= 4 is 44.4 Å². The van der Waals surface area contributed by atoms with E-state index in [1.165, 1.54) is 36.0 Å². The second-order valence-corrected chi connectivity index (χ2v) is 11.0. The van der Waals surface area contributed by atoms with Crippen LogP contribution < -0.4 is 5.32 Å². The van der Waals surface area contributed by atoms with E-state index < -0.39 is 9.84 Å². The van der Waals surface area contributed by atoms with E-state index in [0.29, 0.717) is 23.1 Å². The van der Waals surface area contributed by atoms with Gasteiger partial charge in [0.15, 0.2) is 11.6 Å². The van der Waals surface area contributed by atoms with Gasteiger partial charge in [-0.2, -0.15) is 0 Å². The Balaban J connectivity index is 1.51. The molecule has 0 atom stereocenters. The highest BCUT2D eigenvalue weighted by atomic mass is 35.5. The average molecular weight is 437 g/mol. The Hall–Kier alpha value is -1.77. The first-order valence-electron chi connectivity index (χ1n) is 9.19. The molecule has 1 aliphatic carbocycles. The van der Waals surface area contributed by atoms with E-state index in [-0.39, 0.29) is 5.75 Å². The van der Waals surface area contributed by atoms with Gasteiger partial charge in [0.2, 0.25) is 0 Å². The monoisotopic (exact) mass is 436 g/mol. The topological polar surface area (TPSA) is 84.3 Å². The molecule has 1 fully saturated rings. The van der Waals surface area contributed by atoms with Crippen LogP contribution in [0.4, 0.5) is 5.82 Å². The van der Waals surface area contributed by atoms with Crippen LogP contribution in [0.15, 0.2) is 35.0 Å². The molecule has 4 rings (SSSR count). The van der Waals surface area contributed by atoms with Crippen molar-refractivity contribution < 1.29 is 8.42 Å². The highest BCUT2D eigenvalue weighted by molar-refractivity contribution is 7.90. The Labute approximate surface area is 173 Å². The minimum atomic E-state index is -2.98. The number of sulfone groups is 1. The molecule has 0 radical (unpaired) electrons. The number of nitrogens with one attached hydrogen (secondary N) is 1. The minimum Gasteiger partial charge on any atom is -0.324 e. The minimum absolute atomic E-state index is 0.136. The second kappa shape index (κ2) is 7.93. The lowest BCUT2D eigenvalue weighted by Crippen LogP contribution is -2.16. The number of aromatic nitrogens is 2. The first-order chi connectivity index (χ1) is 13.4. The SMILES string of the molecule is CS(=O)(=O)CCc1ccc(-c2ncc(Cl)c(NC3=NCCC(C4CC4)=C3)n2)s1. The van der Waals surface area contributed by atoms with E-state index >= 15 is 0 Å². The van der Waals surface area contributed by atoms with Crippen LogP contribution in [0.1, 0.15) is 24.1 Å². The molecule has 2 aromatic heterocycles. The molecule has 148 valence electrons. The van der Waals surface area contributed by atoms with Gasteiger partial charge in [-0.25, -0.2) is 18.4 Å². The van der Waals surface area contributed by atoms with Gasteiger partial charge in [-0.15, -0.1) is 11.3 Å². The fourth-order valence-electron chi connectivity index (χ4n) is 3.06. The van der Waals surface area contributed by atoms with Crippen molar-refractivity contribution in [3.8, 4) is 10.7 Å². The molecule has 3 heterocycles. The molecule has 0 unspecified atom stereocenters. The lowest BCUT2D eigenvalue weighted by molar-refractivity contribution is 0.601. The summed E-state index contributed by atoms with van der Waals surface area (Å²) in [6.45, 7) is 0.787. The molecule has 0 amide bonds. The van der Waals surface area contributed by atoms with Gasteiger partial charge in [0, 0.05) is 17.7 Å². The Morgan fingerprint density at radius 1 is 1.32 bits per heavy atom. The maximum atomic E-state index is 11.4. The van der Waals surface area contributed by atoms with Crippen LogP contribution in [0.3, 0.4) is 0 Å². The number of nitrogens with zero attached hydrogens (tertiary/aromatic N) is 3. The van der Waals surface area contributed by atoms with Crippen LogP contribution in [0.25, 0.3) is 10.7 Å². The van der Waals surface area contributed by atoms with E-state index in [0.717, 1.165) is 34.5 Å². The first kappa shape index (κ1) is 19.5. The maximum Gasteiger partial charge on any atom is 0.171 e. The van der Waals surface area contributed by atoms with Gasteiger partial charge in [-0.05, 0) is 49.8 Å². The van der Waals surface area contributed by atoms with E-state index in [2.05, 4.69) is 26.4 Å². The number of thiophene rings is 1. The summed E-state index contributed by atoms with van der Waals surface area (Å²) >= 11 is 7.79. The molecule has 0 aromatic carbocycles. The lowest BCUT2D eigenvalue weighted by atomic mass is 10.1. The number of aryl methyl sites for hydroxylation is 1. The number of aliphatic imine (C=N–C) groups is 1. The number of hydrogen-bond acceptors (Lipinski definition) is 7. The van der Waals surface area contributed by atoms with Gasteiger partial charge in [-0.3, -0.25) is 4.99 Å². The lowest BCUT2D eigenvalue weighted by Gasteiger charge is -2.14. The van der Waals surface area contributed by atoms with Gasteiger partial charge in [0.05, 0.1) is 16.8 Å². The standard InChI is InChI=1S/C19H21ClN4O2S2/c1-28(25,26)9-7-14-4-5-16(27-14)19-22-11-15(20)18(24-19)23-17-10-13(6-8-21-17)12-2-3-12/h4-5,10-12H,2-3,6-9H2,1H3,(H,21,22,23,24). The fraction of sp³-hybridized carbons (Fsp3) is 0.421. The van der Waals surface area contributed by atoms with E-state index in [9.17, 15) is 8.42 Å². The molecule has 1 aliphatic heterocycles. The van der Waals surface area contributed by atoms with Gasteiger partial charge in [-0.1, -0.05) is 17.2 Å². The number of hydrogen-bond donors (Lipinski definition) is 1. The molecule has 0 bridgehead atoms. The zero-order valence-electron chi connectivity index (χ0n) is 15.5. The summed E-state index contributed by atoms with van der Waals surface area (Å²) in [7, 11) is -2.98. The van der Waals surface area contributed by atoms with E-state index in [4.69, 9.17) is 11.6 Å². The quantitative estimate of drug-likeness (QED) is 0.739. The van der Waals surface area contributed by atoms with Gasteiger partial charge < -0.3 is 5.32 Å². The third-order valence-corrected chi connectivity index (χ3v) is 7.06. The maximum absolute atomic E-state index is 11.4. The molecular weight excluding hydrogens is 416 g/mol. The molecule has 0 spiro atoms. The first-order valence-corrected chi connectivity index (χ1v) is 12.4. The van der Waals surface area contributed by atoms with Gasteiger partial charge >= 0.3 is 0 Å². The van der Waals surface area contributed by atoms with Crippen LogP contribution in [0.2, 0.25) is 5.02 Å². The number of halogens is 1. The summed E-state index contributed by atoms with van der Waals surface area (Å²) in [5.74, 6) is 2.74. The highest BCUT2D eigenvalue weighted by Crippen LogP contribution is 2.39. The van der Waals surface area contributed by atoms with Crippen molar-refractivity contribution in [1.82, 2.24) is 9.97 Å². The van der Waals surface area contributed by atoms with Crippen LogP contribution in [0, 0.1) is 5.92 Å². The van der Waals surface area contributed by atoms with Crippen molar-refractivity contribution in [3.63, 3.8) is 0 Å². The number of amidine groups is 1. The van der Waals surface area contributed by atoms with Gasteiger partial charge in [0.1, 0.15) is 20.7 Å². The zero-order valence-corrected chi connectivity index (χ0v) is 17.9. The third-order valence-electron chi connectivity index (χ3n) is 4.70. The summed E-state index contributed by atoms with van der Waals surface area (Å²) < 4.78 is 22.7. The predicted octanol–water partition coefficient (Wildman–Crippen LogP) is 4.00. The molecule has 0 saturated heterocycles. The fourth-order valence-corrected chi connectivity index (χ4v) is 4.87. The van der Waals surface area contributed by atoms with Crippen LogP contribution in [0.5, 0.6) is 0 Å². The Kier molecular flexibility index (Phi) is 5.53.